The molecule has 3 rings (SSSR count). The summed E-state index contributed by atoms with van der Waals surface area (Å²) in [5.74, 6) is 2.15. The van der Waals surface area contributed by atoms with Gasteiger partial charge in [-0.05, 0) is 31.4 Å². The lowest BCUT2D eigenvalue weighted by Gasteiger charge is -2.26. The third kappa shape index (κ3) is 3.16. The van der Waals surface area contributed by atoms with E-state index in [-0.39, 0.29) is 11.9 Å². The standard InChI is InChI=1S/C20H26N2O4/c1-5-15-19(17(6-2)26-21-15)20(23)22-11-7-8-16(22)14-10-9-13(24-3)12-18(14)25-4/h9-10,12,16H,5-8,11H2,1-4H3. The smallest absolute Gasteiger partial charge is 0.259 e. The first-order chi connectivity index (χ1) is 12.6. The van der Waals surface area contributed by atoms with E-state index in [0.717, 1.165) is 42.1 Å². The second-order valence-electron chi connectivity index (χ2n) is 6.40. The second-order valence-corrected chi connectivity index (χ2v) is 6.40. The quantitative estimate of drug-likeness (QED) is 0.786. The number of aromatic nitrogens is 1. The SMILES string of the molecule is CCc1noc(CC)c1C(=O)N1CCCC1c1ccc(OC)cc1OC. The molecule has 0 saturated carbocycles. The molecule has 0 N–H and O–H groups in total. The number of amides is 1. The van der Waals surface area contributed by atoms with E-state index in [1.807, 2.05) is 36.9 Å². The normalized spacial score (nSPS) is 16.8. The van der Waals surface area contributed by atoms with Crippen LogP contribution in [0, 0.1) is 0 Å². The van der Waals surface area contributed by atoms with Crippen LogP contribution < -0.4 is 9.47 Å². The van der Waals surface area contributed by atoms with Crippen LogP contribution in [0.5, 0.6) is 11.5 Å². The van der Waals surface area contributed by atoms with Gasteiger partial charge < -0.3 is 18.9 Å². The Bertz CT molecular complexity index is 763. The first-order valence-electron chi connectivity index (χ1n) is 9.14. The summed E-state index contributed by atoms with van der Waals surface area (Å²) in [6.07, 6.45) is 3.19. The van der Waals surface area contributed by atoms with E-state index in [4.69, 9.17) is 14.0 Å². The molecule has 1 saturated heterocycles. The van der Waals surface area contributed by atoms with Gasteiger partial charge in [-0.15, -0.1) is 0 Å². The van der Waals surface area contributed by atoms with Crippen molar-refractivity contribution >= 4 is 5.91 Å². The zero-order valence-electron chi connectivity index (χ0n) is 15.9. The van der Waals surface area contributed by atoms with Gasteiger partial charge in [-0.25, -0.2) is 0 Å². The fourth-order valence-electron chi connectivity index (χ4n) is 3.66. The van der Waals surface area contributed by atoms with Gasteiger partial charge >= 0.3 is 0 Å². The summed E-state index contributed by atoms with van der Waals surface area (Å²) >= 11 is 0. The summed E-state index contributed by atoms with van der Waals surface area (Å²) in [4.78, 5) is 15.3. The molecule has 0 bridgehead atoms. The Morgan fingerprint density at radius 3 is 2.73 bits per heavy atom. The minimum absolute atomic E-state index is 0.000297. The van der Waals surface area contributed by atoms with E-state index in [2.05, 4.69) is 5.16 Å². The molecule has 1 aromatic heterocycles. The number of likely N-dealkylation sites (tertiary alicyclic amines) is 1. The number of carbonyl (C=O) groups is 1. The molecule has 1 aliphatic rings. The van der Waals surface area contributed by atoms with Crippen LogP contribution in [0.2, 0.25) is 0 Å². The van der Waals surface area contributed by atoms with Gasteiger partial charge in [-0.2, -0.15) is 0 Å². The molecule has 6 heteroatoms. The molecule has 1 fully saturated rings. The largest absolute Gasteiger partial charge is 0.497 e. The summed E-state index contributed by atoms with van der Waals surface area (Å²) in [5.41, 5.74) is 2.38. The van der Waals surface area contributed by atoms with Crippen LogP contribution in [0.4, 0.5) is 0 Å². The lowest BCUT2D eigenvalue weighted by atomic mass is 10.0. The van der Waals surface area contributed by atoms with Crippen LogP contribution in [0.25, 0.3) is 0 Å². The van der Waals surface area contributed by atoms with E-state index in [0.29, 0.717) is 24.2 Å². The molecule has 1 unspecified atom stereocenters. The average Bonchev–Trinajstić information content (AvgIpc) is 3.33. The maximum absolute atomic E-state index is 13.3. The van der Waals surface area contributed by atoms with E-state index >= 15 is 0 Å². The van der Waals surface area contributed by atoms with Gasteiger partial charge in [-0.1, -0.05) is 19.0 Å². The molecule has 6 nitrogen and oxygen atoms in total. The molecule has 1 aliphatic heterocycles. The lowest BCUT2D eigenvalue weighted by Crippen LogP contribution is -2.31. The van der Waals surface area contributed by atoms with Crippen molar-refractivity contribution in [3.05, 3.63) is 40.8 Å². The van der Waals surface area contributed by atoms with Crippen molar-refractivity contribution in [3.63, 3.8) is 0 Å². The molecule has 0 spiro atoms. The topological polar surface area (TPSA) is 64.8 Å². The van der Waals surface area contributed by atoms with Gasteiger partial charge in [-0.3, -0.25) is 4.79 Å². The maximum atomic E-state index is 13.3. The molecule has 2 aromatic rings. The fraction of sp³-hybridized carbons (Fsp3) is 0.500. The summed E-state index contributed by atoms with van der Waals surface area (Å²) in [6.45, 7) is 4.68. The highest BCUT2D eigenvalue weighted by Gasteiger charge is 2.35. The zero-order chi connectivity index (χ0) is 18.7. The van der Waals surface area contributed by atoms with Gasteiger partial charge in [0.25, 0.3) is 5.91 Å². The number of rotatable bonds is 6. The first-order valence-corrected chi connectivity index (χ1v) is 9.14. The van der Waals surface area contributed by atoms with E-state index in [1.54, 1.807) is 14.2 Å². The molecular formula is C20H26N2O4. The summed E-state index contributed by atoms with van der Waals surface area (Å²) in [6, 6.07) is 5.74. The number of methoxy groups -OCH3 is 2. The number of nitrogens with zero attached hydrogens (tertiary/aromatic N) is 2. The number of aryl methyl sites for hydroxylation is 2. The molecule has 0 aliphatic carbocycles. The van der Waals surface area contributed by atoms with Crippen LogP contribution in [-0.4, -0.2) is 36.7 Å². The van der Waals surface area contributed by atoms with Gasteiger partial charge in [0.15, 0.2) is 0 Å². The van der Waals surface area contributed by atoms with Crippen molar-refractivity contribution in [2.24, 2.45) is 0 Å². The monoisotopic (exact) mass is 358 g/mol. The summed E-state index contributed by atoms with van der Waals surface area (Å²) in [7, 11) is 3.27. The van der Waals surface area contributed by atoms with Crippen molar-refractivity contribution < 1.29 is 18.8 Å². The zero-order valence-corrected chi connectivity index (χ0v) is 15.9. The number of benzene rings is 1. The van der Waals surface area contributed by atoms with Crippen molar-refractivity contribution in [3.8, 4) is 11.5 Å². The predicted octanol–water partition coefficient (Wildman–Crippen LogP) is 3.79. The lowest BCUT2D eigenvalue weighted by molar-refractivity contribution is 0.0731. The van der Waals surface area contributed by atoms with E-state index < -0.39 is 0 Å². The first kappa shape index (κ1) is 18.3. The minimum atomic E-state index is -0.0207. The molecule has 1 atom stereocenters. The fourth-order valence-corrected chi connectivity index (χ4v) is 3.66. The molecule has 0 radical (unpaired) electrons. The molecule has 26 heavy (non-hydrogen) atoms. The Labute approximate surface area is 154 Å². The van der Waals surface area contributed by atoms with E-state index in [1.165, 1.54) is 0 Å². The van der Waals surface area contributed by atoms with Crippen molar-refractivity contribution in [2.45, 2.75) is 45.6 Å². The minimum Gasteiger partial charge on any atom is -0.497 e. The molecule has 140 valence electrons. The van der Waals surface area contributed by atoms with Crippen LogP contribution >= 0.6 is 0 Å². The third-order valence-electron chi connectivity index (χ3n) is 5.02. The van der Waals surface area contributed by atoms with Crippen molar-refractivity contribution in [1.29, 1.82) is 0 Å². The highest BCUT2D eigenvalue weighted by molar-refractivity contribution is 5.96. The van der Waals surface area contributed by atoms with Crippen LogP contribution in [-0.2, 0) is 12.8 Å². The number of hydrogen-bond acceptors (Lipinski definition) is 5. The Morgan fingerprint density at radius 2 is 2.08 bits per heavy atom. The highest BCUT2D eigenvalue weighted by atomic mass is 16.5. The number of ether oxygens (including phenoxy) is 2. The van der Waals surface area contributed by atoms with Gasteiger partial charge in [0.05, 0.1) is 26.0 Å². The Kier molecular flexibility index (Phi) is 5.49. The second kappa shape index (κ2) is 7.81. The highest BCUT2D eigenvalue weighted by Crippen LogP contribution is 2.39. The molecular weight excluding hydrogens is 332 g/mol. The maximum Gasteiger partial charge on any atom is 0.259 e. The van der Waals surface area contributed by atoms with Gasteiger partial charge in [0.1, 0.15) is 22.8 Å². The molecule has 1 aromatic carbocycles. The van der Waals surface area contributed by atoms with Crippen LogP contribution in [0.15, 0.2) is 22.7 Å². The van der Waals surface area contributed by atoms with Crippen molar-refractivity contribution in [2.75, 3.05) is 20.8 Å². The molecule has 1 amide bonds. The Hall–Kier alpha value is -2.50. The number of carbonyl (C=O) groups excluding carboxylic acids is 1. The van der Waals surface area contributed by atoms with Gasteiger partial charge in [0, 0.05) is 24.6 Å². The Balaban J connectivity index is 1.96. The Morgan fingerprint density at radius 1 is 1.27 bits per heavy atom. The average molecular weight is 358 g/mol. The number of hydrogen-bond donors (Lipinski definition) is 0. The van der Waals surface area contributed by atoms with Crippen LogP contribution in [0.1, 0.15) is 60.1 Å². The predicted molar refractivity (Wildman–Crippen MR) is 97.8 cm³/mol. The van der Waals surface area contributed by atoms with Gasteiger partial charge in [0.2, 0.25) is 0 Å². The van der Waals surface area contributed by atoms with Crippen LogP contribution in [0.3, 0.4) is 0 Å². The molecule has 2 heterocycles. The van der Waals surface area contributed by atoms with E-state index in [9.17, 15) is 4.79 Å². The third-order valence-corrected chi connectivity index (χ3v) is 5.02. The van der Waals surface area contributed by atoms with Crippen molar-refractivity contribution in [1.82, 2.24) is 10.1 Å². The summed E-state index contributed by atoms with van der Waals surface area (Å²) in [5, 5.41) is 4.09. The summed E-state index contributed by atoms with van der Waals surface area (Å²) < 4.78 is 16.2.